The third-order valence-corrected chi connectivity index (χ3v) is 5.95. The lowest BCUT2D eigenvalue weighted by molar-refractivity contribution is -0.137. The first-order valence-corrected chi connectivity index (χ1v) is 12.2. The van der Waals surface area contributed by atoms with E-state index in [4.69, 9.17) is 0 Å². The summed E-state index contributed by atoms with van der Waals surface area (Å²) in [4.78, 5) is 13.1. The largest absolute Gasteiger partial charge is 0.416 e. The Labute approximate surface area is 193 Å². The number of nitrogens with zero attached hydrogens (tertiary/aromatic N) is 2. The number of aromatic nitrogens is 2. The van der Waals surface area contributed by atoms with Gasteiger partial charge in [-0.25, -0.2) is 13.1 Å². The molecule has 0 aliphatic heterocycles. The molecule has 0 radical (unpaired) electrons. The molecule has 0 amide bonds. The normalized spacial score (nSPS) is 12.2. The SMILES string of the molecule is CS(=O)(=O)NCCc1cccc(-c2nn(-c3ccc(C(F)(F)F)cc3)c(=O)c3ccccc23)c1. The van der Waals surface area contributed by atoms with E-state index in [0.29, 0.717) is 28.5 Å². The highest BCUT2D eigenvalue weighted by atomic mass is 32.2. The Kier molecular flexibility index (Phi) is 6.28. The molecule has 0 saturated heterocycles. The van der Waals surface area contributed by atoms with Gasteiger partial charge in [-0.15, -0.1) is 0 Å². The first-order chi connectivity index (χ1) is 16.0. The molecule has 176 valence electrons. The minimum absolute atomic E-state index is 0.207. The molecular formula is C24H20F3N3O3S. The van der Waals surface area contributed by atoms with Gasteiger partial charge >= 0.3 is 6.18 Å². The quantitative estimate of drug-likeness (QED) is 0.443. The van der Waals surface area contributed by atoms with E-state index in [2.05, 4.69) is 9.82 Å². The summed E-state index contributed by atoms with van der Waals surface area (Å²) in [5.74, 6) is 0. The molecule has 0 bridgehead atoms. The van der Waals surface area contributed by atoms with Crippen molar-refractivity contribution >= 4 is 20.8 Å². The maximum atomic E-state index is 13.1. The summed E-state index contributed by atoms with van der Waals surface area (Å²) in [6, 6.07) is 18.4. The Morgan fingerprint density at radius 2 is 1.62 bits per heavy atom. The van der Waals surface area contributed by atoms with Crippen LogP contribution < -0.4 is 10.3 Å². The number of fused-ring (bicyclic) bond motifs is 1. The lowest BCUT2D eigenvalue weighted by Gasteiger charge is -2.13. The van der Waals surface area contributed by atoms with Gasteiger partial charge in [-0.1, -0.05) is 36.4 Å². The second-order valence-electron chi connectivity index (χ2n) is 7.77. The summed E-state index contributed by atoms with van der Waals surface area (Å²) in [6.07, 6.45) is -2.96. The second-order valence-corrected chi connectivity index (χ2v) is 9.61. The molecule has 0 aliphatic rings. The third-order valence-electron chi connectivity index (χ3n) is 5.22. The van der Waals surface area contributed by atoms with Gasteiger partial charge in [-0.2, -0.15) is 23.0 Å². The number of sulfonamides is 1. The molecule has 0 atom stereocenters. The number of alkyl halides is 3. The molecule has 0 spiro atoms. The van der Waals surface area contributed by atoms with Crippen molar-refractivity contribution < 1.29 is 21.6 Å². The first kappa shape index (κ1) is 23.7. The van der Waals surface area contributed by atoms with Crippen molar-refractivity contribution in [3.05, 3.63) is 94.3 Å². The maximum Gasteiger partial charge on any atom is 0.416 e. The minimum Gasteiger partial charge on any atom is -0.267 e. The van der Waals surface area contributed by atoms with E-state index in [1.165, 1.54) is 12.1 Å². The first-order valence-electron chi connectivity index (χ1n) is 10.3. The van der Waals surface area contributed by atoms with Crippen LogP contribution in [0.4, 0.5) is 13.2 Å². The van der Waals surface area contributed by atoms with Gasteiger partial charge in [-0.05, 0) is 48.4 Å². The van der Waals surface area contributed by atoms with E-state index in [9.17, 15) is 26.4 Å². The molecule has 1 aromatic heterocycles. The molecule has 0 unspecified atom stereocenters. The van der Waals surface area contributed by atoms with E-state index < -0.39 is 27.3 Å². The zero-order chi connectivity index (χ0) is 24.5. The molecule has 10 heteroatoms. The van der Waals surface area contributed by atoms with Gasteiger partial charge in [0.1, 0.15) is 0 Å². The summed E-state index contributed by atoms with van der Waals surface area (Å²) < 4.78 is 65.1. The number of hydrogen-bond acceptors (Lipinski definition) is 4. The van der Waals surface area contributed by atoms with Crippen LogP contribution in [0.25, 0.3) is 27.7 Å². The molecule has 0 aliphatic carbocycles. The summed E-state index contributed by atoms with van der Waals surface area (Å²) in [5, 5.41) is 5.48. The Morgan fingerprint density at radius 3 is 2.26 bits per heavy atom. The molecule has 0 saturated carbocycles. The Balaban J connectivity index is 1.81. The molecule has 34 heavy (non-hydrogen) atoms. The Hall–Kier alpha value is -3.50. The minimum atomic E-state index is -4.49. The third kappa shape index (κ3) is 5.18. The highest BCUT2D eigenvalue weighted by Crippen LogP contribution is 2.30. The summed E-state index contributed by atoms with van der Waals surface area (Å²) >= 11 is 0. The molecule has 4 rings (SSSR count). The van der Waals surface area contributed by atoms with Gasteiger partial charge in [0.15, 0.2) is 0 Å². The van der Waals surface area contributed by atoms with Crippen molar-refractivity contribution in [1.29, 1.82) is 0 Å². The summed E-state index contributed by atoms with van der Waals surface area (Å²) in [5.41, 5.74) is 0.959. The van der Waals surface area contributed by atoms with E-state index >= 15 is 0 Å². The predicted molar refractivity (Wildman–Crippen MR) is 124 cm³/mol. The Morgan fingerprint density at radius 1 is 0.941 bits per heavy atom. The van der Waals surface area contributed by atoms with Crippen molar-refractivity contribution in [2.24, 2.45) is 0 Å². The van der Waals surface area contributed by atoms with Crippen LogP contribution in [0, 0.1) is 0 Å². The van der Waals surface area contributed by atoms with Crippen molar-refractivity contribution in [1.82, 2.24) is 14.5 Å². The molecule has 3 aromatic carbocycles. The van der Waals surface area contributed by atoms with Crippen LogP contribution in [0.5, 0.6) is 0 Å². The smallest absolute Gasteiger partial charge is 0.267 e. The van der Waals surface area contributed by atoms with Gasteiger partial charge in [0.25, 0.3) is 5.56 Å². The molecular weight excluding hydrogens is 467 g/mol. The van der Waals surface area contributed by atoms with Crippen molar-refractivity contribution in [2.45, 2.75) is 12.6 Å². The van der Waals surface area contributed by atoms with Crippen LogP contribution >= 0.6 is 0 Å². The highest BCUT2D eigenvalue weighted by molar-refractivity contribution is 7.88. The number of nitrogens with one attached hydrogen (secondary N) is 1. The van der Waals surface area contributed by atoms with Crippen LogP contribution in [-0.4, -0.2) is 31.0 Å². The lowest BCUT2D eigenvalue weighted by Crippen LogP contribution is -2.24. The number of hydrogen-bond donors (Lipinski definition) is 1. The molecule has 4 aromatic rings. The fourth-order valence-electron chi connectivity index (χ4n) is 3.62. The number of rotatable bonds is 6. The lowest BCUT2D eigenvalue weighted by atomic mass is 10.0. The predicted octanol–water partition coefficient (Wildman–Crippen LogP) is 4.16. The van der Waals surface area contributed by atoms with Crippen molar-refractivity contribution in [3.63, 3.8) is 0 Å². The molecule has 0 fully saturated rings. The van der Waals surface area contributed by atoms with Crippen LogP contribution in [0.3, 0.4) is 0 Å². The van der Waals surface area contributed by atoms with Crippen LogP contribution in [0.15, 0.2) is 77.6 Å². The van der Waals surface area contributed by atoms with Gasteiger partial charge in [0, 0.05) is 17.5 Å². The molecule has 6 nitrogen and oxygen atoms in total. The number of benzene rings is 3. The highest BCUT2D eigenvalue weighted by Gasteiger charge is 2.30. The second kappa shape index (κ2) is 9.03. The average Bonchev–Trinajstić information content (AvgIpc) is 2.78. The Bertz CT molecular complexity index is 1510. The van der Waals surface area contributed by atoms with Gasteiger partial charge in [0.05, 0.1) is 28.6 Å². The molecule has 1 N–H and O–H groups in total. The maximum absolute atomic E-state index is 13.1. The topological polar surface area (TPSA) is 81.1 Å². The van der Waals surface area contributed by atoms with Crippen molar-refractivity contribution in [3.8, 4) is 16.9 Å². The fraction of sp³-hybridized carbons (Fsp3) is 0.167. The molecule has 1 heterocycles. The van der Waals surface area contributed by atoms with Crippen molar-refractivity contribution in [2.75, 3.05) is 12.8 Å². The fourth-order valence-corrected chi connectivity index (χ4v) is 4.10. The summed E-state index contributed by atoms with van der Waals surface area (Å²) in [7, 11) is -3.31. The summed E-state index contributed by atoms with van der Waals surface area (Å²) in [6.45, 7) is 0.224. The van der Waals surface area contributed by atoms with Gasteiger partial charge < -0.3 is 0 Å². The van der Waals surface area contributed by atoms with Crippen LogP contribution in [0.2, 0.25) is 0 Å². The van der Waals surface area contributed by atoms with Crippen LogP contribution in [-0.2, 0) is 22.6 Å². The van der Waals surface area contributed by atoms with Crippen LogP contribution in [0.1, 0.15) is 11.1 Å². The van der Waals surface area contributed by atoms with E-state index in [1.54, 1.807) is 30.3 Å². The van der Waals surface area contributed by atoms with Gasteiger partial charge in [0.2, 0.25) is 10.0 Å². The van der Waals surface area contributed by atoms with E-state index in [-0.39, 0.29) is 12.2 Å². The average molecular weight is 488 g/mol. The zero-order valence-corrected chi connectivity index (χ0v) is 18.8. The van der Waals surface area contributed by atoms with Gasteiger partial charge in [-0.3, -0.25) is 4.79 Å². The van der Waals surface area contributed by atoms with E-state index in [0.717, 1.165) is 28.6 Å². The monoisotopic (exact) mass is 487 g/mol. The number of halogens is 3. The van der Waals surface area contributed by atoms with E-state index in [1.807, 2.05) is 18.2 Å². The zero-order valence-electron chi connectivity index (χ0n) is 18.0. The standard InChI is InChI=1S/C24H20F3N3O3S/c1-34(32,33)28-14-13-16-5-4-6-17(15-16)22-20-7-2-3-8-21(20)23(31)30(29-22)19-11-9-18(10-12-19)24(25,26)27/h2-12,15,28H,13-14H2,1H3.